The Kier molecular flexibility index (Phi) is 5.30. The van der Waals surface area contributed by atoms with Crippen molar-refractivity contribution in [3.63, 3.8) is 0 Å². The number of hydrogen-bond donors (Lipinski definition) is 1. The molecule has 2 rings (SSSR count). The van der Waals surface area contributed by atoms with Crippen molar-refractivity contribution >= 4 is 10.0 Å². The van der Waals surface area contributed by atoms with Crippen LogP contribution in [0.2, 0.25) is 0 Å². The summed E-state index contributed by atoms with van der Waals surface area (Å²) in [6.45, 7) is 9.75. The van der Waals surface area contributed by atoms with Crippen molar-refractivity contribution in [2.24, 2.45) is 7.05 Å². The highest BCUT2D eigenvalue weighted by Crippen LogP contribution is 2.33. The second kappa shape index (κ2) is 6.80. The first kappa shape index (κ1) is 19.5. The van der Waals surface area contributed by atoms with E-state index in [1.54, 1.807) is 30.0 Å². The number of aryl methyl sites for hydroxylation is 2. The summed E-state index contributed by atoms with van der Waals surface area (Å²) in [4.78, 5) is 0.228. The fourth-order valence-corrected chi connectivity index (χ4v) is 4.10. The van der Waals surface area contributed by atoms with Crippen molar-refractivity contribution in [2.45, 2.75) is 51.0 Å². The van der Waals surface area contributed by atoms with E-state index in [2.05, 4.69) is 9.82 Å². The number of ether oxygens (including phenoxy) is 1. The third kappa shape index (κ3) is 4.22. The van der Waals surface area contributed by atoms with Gasteiger partial charge in [0, 0.05) is 30.4 Å². The monoisotopic (exact) mass is 365 g/mol. The summed E-state index contributed by atoms with van der Waals surface area (Å²) >= 11 is 0. The predicted molar refractivity (Wildman–Crippen MR) is 98.4 cm³/mol. The number of methoxy groups -OCH3 is 1. The Morgan fingerprint density at radius 3 is 2.40 bits per heavy atom. The summed E-state index contributed by atoms with van der Waals surface area (Å²) in [5.74, 6) is 0.683. The van der Waals surface area contributed by atoms with Crippen LogP contribution in [0, 0.1) is 6.92 Å². The minimum absolute atomic E-state index is 0.228. The summed E-state index contributed by atoms with van der Waals surface area (Å²) in [6, 6.07) is 4.58. The van der Waals surface area contributed by atoms with Gasteiger partial charge in [-0.25, -0.2) is 13.1 Å². The van der Waals surface area contributed by atoms with Gasteiger partial charge in [-0.15, -0.1) is 0 Å². The summed E-state index contributed by atoms with van der Waals surface area (Å²) in [6.07, 6.45) is 1.83. The molecule has 0 spiro atoms. The Balaban J connectivity index is 2.38. The van der Waals surface area contributed by atoms with Gasteiger partial charge in [0.05, 0.1) is 17.7 Å². The molecule has 0 amide bonds. The molecular formula is C18H27N3O3S. The molecule has 0 aliphatic rings. The van der Waals surface area contributed by atoms with Crippen molar-refractivity contribution in [3.8, 4) is 5.75 Å². The largest absolute Gasteiger partial charge is 0.496 e. The van der Waals surface area contributed by atoms with E-state index in [1.165, 1.54) is 0 Å². The second-order valence-corrected chi connectivity index (χ2v) is 9.01. The summed E-state index contributed by atoms with van der Waals surface area (Å²) in [5.41, 5.74) is 2.28. The average molecular weight is 365 g/mol. The number of benzene rings is 1. The molecule has 0 fully saturated rings. The van der Waals surface area contributed by atoms with Crippen LogP contribution in [0.15, 0.2) is 29.3 Å². The van der Waals surface area contributed by atoms with Crippen LogP contribution in [0.1, 0.15) is 50.6 Å². The quantitative estimate of drug-likeness (QED) is 0.884. The minimum Gasteiger partial charge on any atom is -0.496 e. The summed E-state index contributed by atoms with van der Waals surface area (Å²) < 4.78 is 35.5. The first-order valence-electron chi connectivity index (χ1n) is 8.16. The van der Waals surface area contributed by atoms with Crippen LogP contribution >= 0.6 is 0 Å². The lowest BCUT2D eigenvalue weighted by molar-refractivity contribution is 0.397. The van der Waals surface area contributed by atoms with Gasteiger partial charge in [0.1, 0.15) is 5.75 Å². The molecule has 1 aromatic heterocycles. The maximum absolute atomic E-state index is 12.8. The Labute approximate surface area is 150 Å². The fraction of sp³-hybridized carbons (Fsp3) is 0.500. The number of rotatable bonds is 5. The second-order valence-electron chi connectivity index (χ2n) is 7.30. The minimum atomic E-state index is -3.67. The van der Waals surface area contributed by atoms with Gasteiger partial charge in [-0.1, -0.05) is 20.8 Å². The van der Waals surface area contributed by atoms with E-state index in [0.717, 1.165) is 16.8 Å². The van der Waals surface area contributed by atoms with Crippen molar-refractivity contribution in [3.05, 3.63) is 41.2 Å². The molecule has 0 aliphatic heterocycles. The molecule has 138 valence electrons. The van der Waals surface area contributed by atoms with E-state index in [-0.39, 0.29) is 16.4 Å². The van der Waals surface area contributed by atoms with Gasteiger partial charge in [0.25, 0.3) is 0 Å². The van der Waals surface area contributed by atoms with Crippen molar-refractivity contribution < 1.29 is 13.2 Å². The fourth-order valence-electron chi connectivity index (χ4n) is 2.85. The number of nitrogens with one attached hydrogen (secondary N) is 1. The van der Waals surface area contributed by atoms with Crippen LogP contribution in [0.25, 0.3) is 0 Å². The molecule has 0 saturated heterocycles. The van der Waals surface area contributed by atoms with Gasteiger partial charge in [-0.2, -0.15) is 5.10 Å². The molecule has 1 N–H and O–H groups in total. The molecule has 0 aliphatic carbocycles. The molecule has 6 nitrogen and oxygen atoms in total. The Bertz CT molecular complexity index is 864. The standard InChI is InChI=1S/C18H27N3O3S/c1-12-15(11-21(6)19-12)13(2)20-25(22,23)14-8-9-17(24-7)16(10-14)18(3,4)5/h8-11,13,20H,1-7H3/t13-/m1/s1. The third-order valence-electron chi connectivity index (χ3n) is 4.14. The van der Waals surface area contributed by atoms with Gasteiger partial charge in [0.2, 0.25) is 10.0 Å². The molecule has 0 radical (unpaired) electrons. The van der Waals surface area contributed by atoms with Crippen LogP contribution in [0.4, 0.5) is 0 Å². The average Bonchev–Trinajstić information content (AvgIpc) is 2.84. The molecular weight excluding hydrogens is 338 g/mol. The molecule has 0 unspecified atom stereocenters. The normalized spacial score (nSPS) is 13.7. The van der Waals surface area contributed by atoms with Crippen LogP contribution in [-0.2, 0) is 22.5 Å². The number of aromatic nitrogens is 2. The number of hydrogen-bond acceptors (Lipinski definition) is 4. The Morgan fingerprint density at radius 1 is 1.28 bits per heavy atom. The Hall–Kier alpha value is -1.86. The molecule has 7 heteroatoms. The van der Waals surface area contributed by atoms with Crippen LogP contribution < -0.4 is 9.46 Å². The van der Waals surface area contributed by atoms with Crippen molar-refractivity contribution in [1.82, 2.24) is 14.5 Å². The number of nitrogens with zero attached hydrogens (tertiary/aromatic N) is 2. The highest BCUT2D eigenvalue weighted by atomic mass is 32.2. The van der Waals surface area contributed by atoms with Gasteiger partial charge >= 0.3 is 0 Å². The maximum atomic E-state index is 12.8. The van der Waals surface area contributed by atoms with Gasteiger partial charge in [-0.05, 0) is 37.5 Å². The van der Waals surface area contributed by atoms with E-state index >= 15 is 0 Å². The summed E-state index contributed by atoms with van der Waals surface area (Å²) in [5, 5.41) is 4.27. The van der Waals surface area contributed by atoms with Gasteiger partial charge < -0.3 is 4.74 Å². The zero-order chi connectivity index (χ0) is 19.0. The molecule has 2 aromatic rings. The molecule has 0 saturated carbocycles. The lowest BCUT2D eigenvalue weighted by Gasteiger charge is -2.23. The predicted octanol–water partition coefficient (Wildman–Crippen LogP) is 3.07. The summed E-state index contributed by atoms with van der Waals surface area (Å²) in [7, 11) is -0.262. The maximum Gasteiger partial charge on any atom is 0.241 e. The zero-order valence-electron chi connectivity index (χ0n) is 15.9. The van der Waals surface area contributed by atoms with E-state index in [4.69, 9.17) is 4.74 Å². The van der Waals surface area contributed by atoms with Crippen molar-refractivity contribution in [1.29, 1.82) is 0 Å². The van der Waals surface area contributed by atoms with Gasteiger partial charge in [0.15, 0.2) is 0 Å². The molecule has 1 aromatic carbocycles. The molecule has 1 atom stereocenters. The Morgan fingerprint density at radius 2 is 1.92 bits per heavy atom. The van der Waals surface area contributed by atoms with Crippen LogP contribution in [0.5, 0.6) is 5.75 Å². The van der Waals surface area contributed by atoms with E-state index in [1.807, 2.05) is 47.9 Å². The van der Waals surface area contributed by atoms with Crippen molar-refractivity contribution in [2.75, 3.05) is 7.11 Å². The first-order valence-corrected chi connectivity index (χ1v) is 9.65. The first-order chi connectivity index (χ1) is 11.5. The highest BCUT2D eigenvalue weighted by molar-refractivity contribution is 7.89. The third-order valence-corrected chi connectivity index (χ3v) is 5.68. The number of sulfonamides is 1. The van der Waals surface area contributed by atoms with Gasteiger partial charge in [-0.3, -0.25) is 4.68 Å². The molecule has 25 heavy (non-hydrogen) atoms. The smallest absolute Gasteiger partial charge is 0.241 e. The van der Waals surface area contributed by atoms with E-state index in [9.17, 15) is 8.42 Å². The van der Waals surface area contributed by atoms with Crippen LogP contribution in [-0.4, -0.2) is 25.3 Å². The topological polar surface area (TPSA) is 73.2 Å². The highest BCUT2D eigenvalue weighted by Gasteiger charge is 2.25. The lowest BCUT2D eigenvalue weighted by atomic mass is 9.86. The van der Waals surface area contributed by atoms with E-state index in [0.29, 0.717) is 5.75 Å². The van der Waals surface area contributed by atoms with E-state index < -0.39 is 10.0 Å². The lowest BCUT2D eigenvalue weighted by Crippen LogP contribution is -2.27. The molecule has 0 bridgehead atoms. The zero-order valence-corrected chi connectivity index (χ0v) is 16.7. The van der Waals surface area contributed by atoms with Crippen LogP contribution in [0.3, 0.4) is 0 Å². The molecule has 1 heterocycles. The SMILES string of the molecule is COc1ccc(S(=O)(=O)N[C@H](C)c2cn(C)nc2C)cc1C(C)(C)C.